The van der Waals surface area contributed by atoms with Crippen LogP contribution in [0.25, 0.3) is 0 Å². The van der Waals surface area contributed by atoms with Crippen LogP contribution in [0.1, 0.15) is 17.7 Å². The molecule has 0 saturated carbocycles. The second kappa shape index (κ2) is 7.31. The maximum atomic E-state index is 12.7. The van der Waals surface area contributed by atoms with Crippen LogP contribution >= 0.6 is 11.3 Å². The fourth-order valence-electron chi connectivity index (χ4n) is 3.39. The molecule has 126 valence electrons. The summed E-state index contributed by atoms with van der Waals surface area (Å²) in [7, 11) is 0. The molecular weight excluding hydrogens is 312 g/mol. The Kier molecular flexibility index (Phi) is 5.17. The number of piperidine rings is 1. The second-order valence-electron chi connectivity index (χ2n) is 6.30. The number of nitrogens with zero attached hydrogens (tertiary/aromatic N) is 3. The van der Waals surface area contributed by atoms with E-state index in [0.29, 0.717) is 13.1 Å². The Morgan fingerprint density at radius 3 is 2.61 bits per heavy atom. The van der Waals surface area contributed by atoms with Crippen molar-refractivity contribution in [2.24, 2.45) is 11.7 Å². The van der Waals surface area contributed by atoms with Crippen LogP contribution in [0.5, 0.6) is 0 Å². The molecule has 0 spiro atoms. The molecule has 0 unspecified atom stereocenters. The lowest BCUT2D eigenvalue weighted by molar-refractivity contribution is -0.138. The third kappa shape index (κ3) is 4.03. The number of piperazine rings is 1. The molecule has 2 saturated heterocycles. The van der Waals surface area contributed by atoms with Crippen molar-refractivity contribution in [1.82, 2.24) is 14.7 Å². The van der Waals surface area contributed by atoms with E-state index in [1.807, 2.05) is 4.90 Å². The van der Waals surface area contributed by atoms with Gasteiger partial charge in [0.1, 0.15) is 0 Å². The molecule has 0 aromatic carbocycles. The first-order valence-electron chi connectivity index (χ1n) is 8.21. The molecular formula is C16H24N4O2S. The van der Waals surface area contributed by atoms with Gasteiger partial charge in [-0.2, -0.15) is 0 Å². The van der Waals surface area contributed by atoms with Crippen molar-refractivity contribution in [3.8, 4) is 0 Å². The van der Waals surface area contributed by atoms with Crippen LogP contribution in [0.4, 0.5) is 4.79 Å². The summed E-state index contributed by atoms with van der Waals surface area (Å²) in [5.74, 6) is 0.104. The first-order valence-corrected chi connectivity index (χ1v) is 9.09. The van der Waals surface area contributed by atoms with Gasteiger partial charge in [-0.3, -0.25) is 9.69 Å². The molecule has 0 aliphatic carbocycles. The van der Waals surface area contributed by atoms with Crippen LogP contribution in [0.15, 0.2) is 17.5 Å². The van der Waals surface area contributed by atoms with E-state index in [1.165, 1.54) is 4.88 Å². The van der Waals surface area contributed by atoms with E-state index in [4.69, 9.17) is 5.73 Å². The minimum Gasteiger partial charge on any atom is -0.351 e. The maximum absolute atomic E-state index is 12.7. The van der Waals surface area contributed by atoms with Gasteiger partial charge in [0.25, 0.3) is 0 Å². The minimum absolute atomic E-state index is 0.0832. The number of carbonyl (C=O) groups is 2. The normalized spacial score (nSPS) is 23.0. The summed E-state index contributed by atoms with van der Waals surface area (Å²) in [6, 6.07) is 3.82. The quantitative estimate of drug-likeness (QED) is 0.901. The lowest BCUT2D eigenvalue weighted by Crippen LogP contribution is -2.53. The van der Waals surface area contributed by atoms with Crippen LogP contribution < -0.4 is 5.73 Å². The topological polar surface area (TPSA) is 69.9 Å². The molecule has 2 aliphatic rings. The fourth-order valence-corrected chi connectivity index (χ4v) is 4.13. The molecule has 2 fully saturated rings. The Labute approximate surface area is 140 Å². The Balaban J connectivity index is 1.49. The van der Waals surface area contributed by atoms with Crippen molar-refractivity contribution in [3.63, 3.8) is 0 Å². The summed E-state index contributed by atoms with van der Waals surface area (Å²) in [5, 5.41) is 2.10. The molecule has 23 heavy (non-hydrogen) atoms. The number of nitrogens with two attached hydrogens (primary N) is 1. The smallest absolute Gasteiger partial charge is 0.314 e. The molecule has 3 rings (SSSR count). The van der Waals surface area contributed by atoms with Gasteiger partial charge in [0.15, 0.2) is 0 Å². The molecule has 2 aliphatic heterocycles. The van der Waals surface area contributed by atoms with Crippen LogP contribution in [-0.2, 0) is 11.3 Å². The van der Waals surface area contributed by atoms with Gasteiger partial charge in [0.05, 0.1) is 5.92 Å². The molecule has 3 amide bonds. The number of thiophene rings is 1. The number of rotatable bonds is 3. The summed E-state index contributed by atoms with van der Waals surface area (Å²) in [5.41, 5.74) is 5.35. The van der Waals surface area contributed by atoms with Crippen molar-refractivity contribution < 1.29 is 9.59 Å². The summed E-state index contributed by atoms with van der Waals surface area (Å²) >= 11 is 1.78. The summed E-state index contributed by atoms with van der Waals surface area (Å²) in [6.45, 7) is 5.50. The second-order valence-corrected chi connectivity index (χ2v) is 7.34. The number of likely N-dealkylation sites (tertiary alicyclic amines) is 1. The zero-order valence-electron chi connectivity index (χ0n) is 13.3. The van der Waals surface area contributed by atoms with Gasteiger partial charge >= 0.3 is 6.03 Å². The zero-order valence-corrected chi connectivity index (χ0v) is 14.1. The highest BCUT2D eigenvalue weighted by Crippen LogP contribution is 2.20. The minimum atomic E-state index is -0.414. The van der Waals surface area contributed by atoms with E-state index in [1.54, 1.807) is 16.2 Å². The van der Waals surface area contributed by atoms with Gasteiger partial charge in [-0.1, -0.05) is 6.07 Å². The molecule has 0 bridgehead atoms. The molecule has 0 radical (unpaired) electrons. The fraction of sp³-hybridized carbons (Fsp3) is 0.625. The van der Waals surface area contributed by atoms with Crippen molar-refractivity contribution in [1.29, 1.82) is 0 Å². The van der Waals surface area contributed by atoms with Crippen molar-refractivity contribution in [2.45, 2.75) is 19.4 Å². The van der Waals surface area contributed by atoms with E-state index in [2.05, 4.69) is 22.4 Å². The largest absolute Gasteiger partial charge is 0.351 e. The molecule has 1 atom stereocenters. The van der Waals surface area contributed by atoms with Gasteiger partial charge < -0.3 is 15.5 Å². The predicted octanol–water partition coefficient (Wildman–Crippen LogP) is 1.18. The number of carbonyl (C=O) groups excluding carboxylic acids is 2. The monoisotopic (exact) mass is 336 g/mol. The van der Waals surface area contributed by atoms with Crippen LogP contribution in [0.3, 0.4) is 0 Å². The summed E-state index contributed by atoms with van der Waals surface area (Å²) < 4.78 is 0. The Bertz CT molecular complexity index is 540. The Morgan fingerprint density at radius 2 is 1.96 bits per heavy atom. The van der Waals surface area contributed by atoms with E-state index in [0.717, 1.165) is 45.6 Å². The van der Waals surface area contributed by atoms with Crippen molar-refractivity contribution in [3.05, 3.63) is 22.4 Å². The first kappa shape index (κ1) is 16.3. The average molecular weight is 336 g/mol. The highest BCUT2D eigenvalue weighted by atomic mass is 32.1. The third-order valence-electron chi connectivity index (χ3n) is 4.73. The predicted molar refractivity (Wildman–Crippen MR) is 90.1 cm³/mol. The lowest BCUT2D eigenvalue weighted by Gasteiger charge is -2.38. The van der Waals surface area contributed by atoms with Crippen LogP contribution in [0, 0.1) is 5.92 Å². The summed E-state index contributed by atoms with van der Waals surface area (Å²) in [4.78, 5) is 31.3. The molecule has 2 N–H and O–H groups in total. The molecule has 1 aromatic heterocycles. The number of hydrogen-bond acceptors (Lipinski definition) is 4. The summed E-state index contributed by atoms with van der Waals surface area (Å²) in [6.07, 6.45) is 1.72. The van der Waals surface area contributed by atoms with E-state index in [-0.39, 0.29) is 11.8 Å². The van der Waals surface area contributed by atoms with E-state index in [9.17, 15) is 9.59 Å². The van der Waals surface area contributed by atoms with Gasteiger partial charge in [-0.15, -0.1) is 11.3 Å². The van der Waals surface area contributed by atoms with Gasteiger partial charge in [0.2, 0.25) is 5.91 Å². The van der Waals surface area contributed by atoms with Gasteiger partial charge in [0, 0.05) is 50.7 Å². The highest BCUT2D eigenvalue weighted by Gasteiger charge is 2.31. The Hall–Kier alpha value is -1.60. The molecule has 1 aromatic rings. The zero-order chi connectivity index (χ0) is 16.2. The standard InChI is InChI=1S/C16H24N4O2S/c17-16(22)20-5-1-3-13(11-20)15(21)19-8-6-18(7-9-19)12-14-4-2-10-23-14/h2,4,10,13H,1,3,5-9,11-12H2,(H2,17,22)/t13-/m0/s1. The maximum Gasteiger partial charge on any atom is 0.314 e. The van der Waals surface area contributed by atoms with Crippen LogP contribution in [0.2, 0.25) is 0 Å². The molecule has 7 heteroatoms. The van der Waals surface area contributed by atoms with Crippen molar-refractivity contribution in [2.75, 3.05) is 39.3 Å². The van der Waals surface area contributed by atoms with Crippen LogP contribution in [-0.4, -0.2) is 65.9 Å². The SMILES string of the molecule is NC(=O)N1CCC[C@H](C(=O)N2CCN(Cc3cccs3)CC2)C1. The average Bonchev–Trinajstić information content (AvgIpc) is 3.08. The molecule has 3 heterocycles. The molecule has 6 nitrogen and oxygen atoms in total. The van der Waals surface area contributed by atoms with Crippen molar-refractivity contribution >= 4 is 23.3 Å². The Morgan fingerprint density at radius 1 is 1.17 bits per heavy atom. The first-order chi connectivity index (χ1) is 11.1. The number of urea groups is 1. The number of amides is 3. The number of primary amides is 1. The van der Waals surface area contributed by atoms with Gasteiger partial charge in [-0.05, 0) is 24.3 Å². The third-order valence-corrected chi connectivity index (χ3v) is 5.59. The lowest BCUT2D eigenvalue weighted by atomic mass is 9.96. The number of hydrogen-bond donors (Lipinski definition) is 1. The highest BCUT2D eigenvalue weighted by molar-refractivity contribution is 7.09. The van der Waals surface area contributed by atoms with E-state index < -0.39 is 6.03 Å². The van der Waals surface area contributed by atoms with E-state index >= 15 is 0 Å². The van der Waals surface area contributed by atoms with Gasteiger partial charge in [-0.25, -0.2) is 4.79 Å².